The highest BCUT2D eigenvalue weighted by Crippen LogP contribution is 2.25. The molecule has 4 heteroatoms. The number of thiophene rings is 1. The van der Waals surface area contributed by atoms with Crippen molar-refractivity contribution in [2.75, 3.05) is 13.2 Å². The first-order valence-corrected chi connectivity index (χ1v) is 6.62. The van der Waals surface area contributed by atoms with Gasteiger partial charge in [-0.1, -0.05) is 13.3 Å². The molecule has 0 amide bonds. The predicted molar refractivity (Wildman–Crippen MR) is 64.9 cm³/mol. The number of fused-ring (bicyclic) bond motifs is 1. The Morgan fingerprint density at radius 1 is 1.62 bits per heavy atom. The molecule has 0 atom stereocenters. The van der Waals surface area contributed by atoms with Gasteiger partial charge in [-0.3, -0.25) is 0 Å². The van der Waals surface area contributed by atoms with Gasteiger partial charge in [0.1, 0.15) is 4.88 Å². The smallest absolute Gasteiger partial charge is 0.348 e. The third-order valence-electron chi connectivity index (χ3n) is 2.69. The third-order valence-corrected chi connectivity index (χ3v) is 3.84. The fourth-order valence-electron chi connectivity index (χ4n) is 1.73. The second-order valence-electron chi connectivity index (χ2n) is 3.98. The summed E-state index contributed by atoms with van der Waals surface area (Å²) in [5.74, 6) is -0.159. The summed E-state index contributed by atoms with van der Waals surface area (Å²) in [6.45, 7) is 4.52. The van der Waals surface area contributed by atoms with Crippen molar-refractivity contribution in [2.24, 2.45) is 0 Å². The Morgan fingerprint density at radius 3 is 3.25 bits per heavy atom. The zero-order chi connectivity index (χ0) is 11.4. The van der Waals surface area contributed by atoms with Crippen molar-refractivity contribution in [1.29, 1.82) is 0 Å². The maximum absolute atomic E-state index is 11.7. The van der Waals surface area contributed by atoms with E-state index in [0.29, 0.717) is 6.61 Å². The summed E-state index contributed by atoms with van der Waals surface area (Å²) in [5, 5.41) is 3.30. The Balaban J connectivity index is 1.98. The molecule has 2 heterocycles. The Hall–Kier alpha value is -0.870. The average molecular weight is 239 g/mol. The molecule has 88 valence electrons. The van der Waals surface area contributed by atoms with E-state index in [4.69, 9.17) is 4.74 Å². The lowest BCUT2D eigenvalue weighted by atomic mass is 10.1. The van der Waals surface area contributed by atoms with Gasteiger partial charge in [0, 0.05) is 11.4 Å². The van der Waals surface area contributed by atoms with Gasteiger partial charge in [0.2, 0.25) is 0 Å². The Morgan fingerprint density at radius 2 is 2.50 bits per heavy atom. The topological polar surface area (TPSA) is 38.3 Å². The minimum Gasteiger partial charge on any atom is -0.462 e. The van der Waals surface area contributed by atoms with E-state index in [0.717, 1.165) is 37.2 Å². The number of nitrogens with one attached hydrogen (secondary N) is 1. The van der Waals surface area contributed by atoms with Crippen LogP contribution in [0.4, 0.5) is 0 Å². The van der Waals surface area contributed by atoms with Crippen LogP contribution in [0.5, 0.6) is 0 Å². The maximum Gasteiger partial charge on any atom is 0.348 e. The van der Waals surface area contributed by atoms with Gasteiger partial charge in [-0.15, -0.1) is 11.3 Å². The van der Waals surface area contributed by atoms with Crippen LogP contribution in [-0.4, -0.2) is 19.1 Å². The van der Waals surface area contributed by atoms with Crippen molar-refractivity contribution >= 4 is 17.3 Å². The number of unbranched alkanes of at least 4 members (excludes halogenated alkanes) is 1. The molecule has 0 saturated heterocycles. The average Bonchev–Trinajstić information content (AvgIpc) is 2.73. The monoisotopic (exact) mass is 239 g/mol. The molecule has 1 aliphatic rings. The van der Waals surface area contributed by atoms with Crippen molar-refractivity contribution < 1.29 is 9.53 Å². The molecule has 0 radical (unpaired) electrons. The first-order chi connectivity index (χ1) is 7.81. The SMILES string of the molecule is CCCCOC(=O)c1cc2c(s1)CNCC2. The van der Waals surface area contributed by atoms with Gasteiger partial charge >= 0.3 is 5.97 Å². The summed E-state index contributed by atoms with van der Waals surface area (Å²) in [7, 11) is 0. The van der Waals surface area contributed by atoms with E-state index in [1.54, 1.807) is 11.3 Å². The van der Waals surface area contributed by atoms with Crippen LogP contribution in [-0.2, 0) is 17.7 Å². The Labute approximate surface area is 99.8 Å². The molecule has 0 aliphatic carbocycles. The second kappa shape index (κ2) is 5.46. The molecule has 0 fully saturated rings. The van der Waals surface area contributed by atoms with Gasteiger partial charge in [-0.2, -0.15) is 0 Å². The van der Waals surface area contributed by atoms with Gasteiger partial charge < -0.3 is 10.1 Å². The maximum atomic E-state index is 11.7. The lowest BCUT2D eigenvalue weighted by Crippen LogP contribution is -2.21. The molecule has 2 rings (SSSR count). The molecule has 0 unspecified atom stereocenters. The van der Waals surface area contributed by atoms with Crippen LogP contribution in [0.25, 0.3) is 0 Å². The highest BCUT2D eigenvalue weighted by Gasteiger charge is 2.17. The number of carbonyl (C=O) groups excluding carboxylic acids is 1. The van der Waals surface area contributed by atoms with Crippen molar-refractivity contribution in [1.82, 2.24) is 5.32 Å². The first kappa shape index (κ1) is 11.6. The number of rotatable bonds is 4. The zero-order valence-corrected chi connectivity index (χ0v) is 10.4. The first-order valence-electron chi connectivity index (χ1n) is 5.80. The zero-order valence-electron chi connectivity index (χ0n) is 9.54. The van der Waals surface area contributed by atoms with Gasteiger partial charge in [0.25, 0.3) is 0 Å². The molecule has 0 bridgehead atoms. The van der Waals surface area contributed by atoms with Gasteiger partial charge in [-0.25, -0.2) is 4.79 Å². The number of hydrogen-bond donors (Lipinski definition) is 1. The summed E-state index contributed by atoms with van der Waals surface area (Å²) in [4.78, 5) is 13.7. The van der Waals surface area contributed by atoms with Crippen LogP contribution < -0.4 is 5.32 Å². The summed E-state index contributed by atoms with van der Waals surface area (Å²) >= 11 is 1.56. The molecular weight excluding hydrogens is 222 g/mol. The van der Waals surface area contributed by atoms with Crippen molar-refractivity contribution in [3.63, 3.8) is 0 Å². The van der Waals surface area contributed by atoms with E-state index >= 15 is 0 Å². The molecule has 0 spiro atoms. The molecule has 1 aromatic heterocycles. The molecular formula is C12H17NO2S. The predicted octanol–water partition coefficient (Wildman–Crippen LogP) is 2.35. The van der Waals surface area contributed by atoms with E-state index in [1.165, 1.54) is 10.4 Å². The van der Waals surface area contributed by atoms with E-state index in [1.807, 2.05) is 6.07 Å². The van der Waals surface area contributed by atoms with Crippen LogP contribution >= 0.6 is 11.3 Å². The van der Waals surface area contributed by atoms with E-state index in [9.17, 15) is 4.79 Å². The molecule has 1 aliphatic heterocycles. The largest absolute Gasteiger partial charge is 0.462 e. The molecule has 1 N–H and O–H groups in total. The van der Waals surface area contributed by atoms with Crippen LogP contribution in [0.3, 0.4) is 0 Å². The summed E-state index contributed by atoms with van der Waals surface area (Å²) < 4.78 is 5.20. The van der Waals surface area contributed by atoms with E-state index in [-0.39, 0.29) is 5.97 Å². The molecule has 3 nitrogen and oxygen atoms in total. The Bertz CT molecular complexity index is 350. The molecule has 1 aromatic rings. The molecule has 16 heavy (non-hydrogen) atoms. The van der Waals surface area contributed by atoms with Gasteiger partial charge in [0.05, 0.1) is 6.61 Å². The second-order valence-corrected chi connectivity index (χ2v) is 5.11. The Kier molecular flexibility index (Phi) is 3.96. The number of ether oxygens (including phenoxy) is 1. The minimum atomic E-state index is -0.159. The minimum absolute atomic E-state index is 0.159. The van der Waals surface area contributed by atoms with Crippen molar-refractivity contribution in [3.8, 4) is 0 Å². The molecule has 0 saturated carbocycles. The standard InChI is InChI=1S/C12H17NO2S/c1-2-3-6-15-12(14)10-7-9-4-5-13-8-11(9)16-10/h7,13H,2-6,8H2,1H3. The number of esters is 1. The van der Waals surface area contributed by atoms with Crippen LogP contribution in [0.2, 0.25) is 0 Å². The van der Waals surface area contributed by atoms with Crippen molar-refractivity contribution in [3.05, 3.63) is 21.4 Å². The fourth-order valence-corrected chi connectivity index (χ4v) is 2.81. The third kappa shape index (κ3) is 2.62. The van der Waals surface area contributed by atoms with Gasteiger partial charge in [0.15, 0.2) is 0 Å². The van der Waals surface area contributed by atoms with Gasteiger partial charge in [-0.05, 0) is 31.0 Å². The summed E-state index contributed by atoms with van der Waals surface area (Å²) in [5.41, 5.74) is 1.31. The van der Waals surface area contributed by atoms with E-state index in [2.05, 4.69) is 12.2 Å². The summed E-state index contributed by atoms with van der Waals surface area (Å²) in [6, 6.07) is 2.00. The fraction of sp³-hybridized carbons (Fsp3) is 0.583. The van der Waals surface area contributed by atoms with Crippen LogP contribution in [0, 0.1) is 0 Å². The highest BCUT2D eigenvalue weighted by atomic mass is 32.1. The lowest BCUT2D eigenvalue weighted by Gasteiger charge is -2.10. The normalized spacial score (nSPS) is 14.6. The van der Waals surface area contributed by atoms with Crippen molar-refractivity contribution in [2.45, 2.75) is 32.7 Å². The number of hydrogen-bond acceptors (Lipinski definition) is 4. The quantitative estimate of drug-likeness (QED) is 0.647. The molecule has 0 aromatic carbocycles. The number of carbonyl (C=O) groups is 1. The van der Waals surface area contributed by atoms with Crippen LogP contribution in [0.1, 0.15) is 39.9 Å². The van der Waals surface area contributed by atoms with E-state index < -0.39 is 0 Å². The summed E-state index contributed by atoms with van der Waals surface area (Å²) in [6.07, 6.45) is 3.02. The lowest BCUT2D eigenvalue weighted by molar-refractivity contribution is 0.0505. The van der Waals surface area contributed by atoms with Crippen LogP contribution in [0.15, 0.2) is 6.07 Å². The highest BCUT2D eigenvalue weighted by molar-refractivity contribution is 7.14.